The third kappa shape index (κ3) is 2.24. The molecule has 1 aromatic rings. The molecule has 2 bridgehead atoms. The normalized spacial score (nSPS) is 34.5. The number of fused-ring (bicyclic) bond motifs is 2. The van der Waals surface area contributed by atoms with Crippen molar-refractivity contribution in [2.45, 2.75) is 52.5 Å². The van der Waals surface area contributed by atoms with E-state index in [0.717, 1.165) is 18.9 Å². The van der Waals surface area contributed by atoms with Gasteiger partial charge in [-0.05, 0) is 66.7 Å². The number of phenols is 1. The van der Waals surface area contributed by atoms with E-state index in [4.69, 9.17) is 0 Å². The Hall–Kier alpha value is -1.02. The molecular weight excluding hydrogens is 246 g/mol. The van der Waals surface area contributed by atoms with Crippen molar-refractivity contribution in [1.82, 2.24) is 5.32 Å². The Kier molecular flexibility index (Phi) is 3.32. The number of hydrogen-bond donors (Lipinski definition) is 2. The minimum atomic E-state index is 0.350. The van der Waals surface area contributed by atoms with Crippen LogP contribution in [0, 0.1) is 16.7 Å². The maximum atomic E-state index is 9.31. The summed E-state index contributed by atoms with van der Waals surface area (Å²) in [6.07, 6.45) is 5.24. The van der Waals surface area contributed by atoms with Crippen LogP contribution in [0.4, 0.5) is 0 Å². The van der Waals surface area contributed by atoms with Gasteiger partial charge in [0.05, 0.1) is 0 Å². The second-order valence-electron chi connectivity index (χ2n) is 7.72. The zero-order valence-corrected chi connectivity index (χ0v) is 12.9. The first-order chi connectivity index (χ1) is 9.42. The molecule has 0 radical (unpaired) electrons. The predicted octanol–water partition coefficient (Wildman–Crippen LogP) is 3.74. The van der Waals surface area contributed by atoms with Gasteiger partial charge in [0, 0.05) is 6.04 Å². The second-order valence-corrected chi connectivity index (χ2v) is 7.72. The van der Waals surface area contributed by atoms with Crippen molar-refractivity contribution >= 4 is 0 Å². The molecule has 1 aromatic carbocycles. The summed E-state index contributed by atoms with van der Waals surface area (Å²) >= 11 is 0. The van der Waals surface area contributed by atoms with E-state index in [1.165, 1.54) is 24.8 Å². The Balaban J connectivity index is 1.60. The summed E-state index contributed by atoms with van der Waals surface area (Å²) in [4.78, 5) is 0. The van der Waals surface area contributed by atoms with E-state index in [-0.39, 0.29) is 0 Å². The summed E-state index contributed by atoms with van der Waals surface area (Å²) in [5.74, 6) is 1.25. The molecule has 2 nitrogen and oxygen atoms in total. The first-order valence-electron chi connectivity index (χ1n) is 7.93. The van der Waals surface area contributed by atoms with Gasteiger partial charge < -0.3 is 10.4 Å². The van der Waals surface area contributed by atoms with Gasteiger partial charge in [0.2, 0.25) is 0 Å². The van der Waals surface area contributed by atoms with Gasteiger partial charge >= 0.3 is 0 Å². The highest BCUT2D eigenvalue weighted by Crippen LogP contribution is 2.62. The standard InChI is InChI=1S/C18H27NO/c1-17(2)14-8-10-18(3,12-14)16(17)19-11-9-13-4-6-15(20)7-5-13/h4-7,14,16,19-20H,8-12H2,1-3H3. The third-order valence-corrected chi connectivity index (χ3v) is 5.97. The van der Waals surface area contributed by atoms with E-state index < -0.39 is 0 Å². The molecule has 0 aliphatic heterocycles. The molecule has 2 N–H and O–H groups in total. The monoisotopic (exact) mass is 273 g/mol. The molecule has 3 rings (SSSR count). The summed E-state index contributed by atoms with van der Waals surface area (Å²) in [6.45, 7) is 8.39. The van der Waals surface area contributed by atoms with Crippen LogP contribution >= 0.6 is 0 Å². The van der Waals surface area contributed by atoms with Gasteiger partial charge in [0.1, 0.15) is 5.75 Å². The average Bonchev–Trinajstić information content (AvgIpc) is 2.87. The van der Waals surface area contributed by atoms with Gasteiger partial charge in [0.15, 0.2) is 0 Å². The number of hydrogen-bond acceptors (Lipinski definition) is 2. The van der Waals surface area contributed by atoms with Crippen LogP contribution in [0.5, 0.6) is 5.75 Å². The van der Waals surface area contributed by atoms with Crippen LogP contribution in [0.15, 0.2) is 24.3 Å². The second kappa shape index (κ2) is 4.77. The van der Waals surface area contributed by atoms with Gasteiger partial charge in [-0.25, -0.2) is 0 Å². The van der Waals surface area contributed by atoms with E-state index in [9.17, 15) is 5.11 Å². The lowest BCUT2D eigenvalue weighted by atomic mass is 9.68. The fourth-order valence-electron chi connectivity index (χ4n) is 4.83. The Morgan fingerprint density at radius 3 is 2.50 bits per heavy atom. The molecule has 110 valence electrons. The molecule has 0 saturated heterocycles. The molecule has 3 unspecified atom stereocenters. The van der Waals surface area contributed by atoms with Crippen LogP contribution in [0.1, 0.15) is 45.6 Å². The fraction of sp³-hybridized carbons (Fsp3) is 0.667. The molecule has 2 aliphatic rings. The maximum absolute atomic E-state index is 9.31. The van der Waals surface area contributed by atoms with E-state index in [0.29, 0.717) is 22.6 Å². The lowest BCUT2D eigenvalue weighted by Crippen LogP contribution is -2.50. The summed E-state index contributed by atoms with van der Waals surface area (Å²) in [5, 5.41) is 13.2. The van der Waals surface area contributed by atoms with Crippen LogP contribution in [0.2, 0.25) is 0 Å². The van der Waals surface area contributed by atoms with Gasteiger partial charge in [-0.15, -0.1) is 0 Å². The Labute approximate surface area is 122 Å². The molecule has 3 atom stereocenters. The van der Waals surface area contributed by atoms with Gasteiger partial charge in [-0.3, -0.25) is 0 Å². The minimum absolute atomic E-state index is 0.350. The van der Waals surface area contributed by atoms with Crippen molar-refractivity contribution in [1.29, 1.82) is 0 Å². The maximum Gasteiger partial charge on any atom is 0.115 e. The highest BCUT2D eigenvalue weighted by molar-refractivity contribution is 5.26. The molecule has 0 aromatic heterocycles. The Morgan fingerprint density at radius 2 is 1.90 bits per heavy atom. The fourth-order valence-corrected chi connectivity index (χ4v) is 4.83. The van der Waals surface area contributed by atoms with Crippen molar-refractivity contribution in [2.75, 3.05) is 6.54 Å². The molecular formula is C18H27NO. The van der Waals surface area contributed by atoms with Crippen LogP contribution < -0.4 is 5.32 Å². The molecule has 20 heavy (non-hydrogen) atoms. The van der Waals surface area contributed by atoms with Crippen LogP contribution in [-0.4, -0.2) is 17.7 Å². The molecule has 2 fully saturated rings. The van der Waals surface area contributed by atoms with Crippen molar-refractivity contribution in [3.8, 4) is 5.75 Å². The van der Waals surface area contributed by atoms with Gasteiger partial charge in [0.25, 0.3) is 0 Å². The molecule has 0 spiro atoms. The zero-order chi connectivity index (χ0) is 14.4. The average molecular weight is 273 g/mol. The molecule has 0 heterocycles. The van der Waals surface area contributed by atoms with E-state index in [1.54, 1.807) is 12.1 Å². The number of phenolic OH excluding ortho intramolecular Hbond substituents is 1. The quantitative estimate of drug-likeness (QED) is 0.876. The summed E-state index contributed by atoms with van der Waals surface area (Å²) in [7, 11) is 0. The first-order valence-corrected chi connectivity index (χ1v) is 7.93. The number of nitrogens with one attached hydrogen (secondary N) is 1. The van der Waals surface area contributed by atoms with Gasteiger partial charge in [-0.2, -0.15) is 0 Å². The molecule has 2 aliphatic carbocycles. The first kappa shape index (κ1) is 13.9. The smallest absolute Gasteiger partial charge is 0.115 e. The highest BCUT2D eigenvalue weighted by Gasteiger charge is 2.58. The van der Waals surface area contributed by atoms with Crippen molar-refractivity contribution < 1.29 is 5.11 Å². The van der Waals surface area contributed by atoms with Crippen molar-refractivity contribution in [3.05, 3.63) is 29.8 Å². The lowest BCUT2D eigenvalue weighted by molar-refractivity contribution is 0.110. The summed E-state index contributed by atoms with van der Waals surface area (Å²) in [6, 6.07) is 8.23. The summed E-state index contributed by atoms with van der Waals surface area (Å²) in [5.41, 5.74) is 2.23. The van der Waals surface area contributed by atoms with E-state index in [1.807, 2.05) is 12.1 Å². The molecule has 0 amide bonds. The lowest BCUT2D eigenvalue weighted by Gasteiger charge is -2.43. The number of rotatable bonds is 4. The SMILES string of the molecule is CC12CCC(C1)C(C)(C)C2NCCc1ccc(O)cc1. The van der Waals surface area contributed by atoms with Crippen LogP contribution in [-0.2, 0) is 6.42 Å². The molecule has 2 heteroatoms. The highest BCUT2D eigenvalue weighted by atomic mass is 16.3. The Bertz CT molecular complexity index is 474. The van der Waals surface area contributed by atoms with E-state index >= 15 is 0 Å². The molecule has 2 saturated carbocycles. The predicted molar refractivity (Wildman–Crippen MR) is 82.8 cm³/mol. The van der Waals surface area contributed by atoms with Gasteiger partial charge in [-0.1, -0.05) is 32.9 Å². The minimum Gasteiger partial charge on any atom is -0.508 e. The van der Waals surface area contributed by atoms with Crippen LogP contribution in [0.25, 0.3) is 0 Å². The topological polar surface area (TPSA) is 32.3 Å². The zero-order valence-electron chi connectivity index (χ0n) is 12.9. The third-order valence-electron chi connectivity index (χ3n) is 5.97. The largest absolute Gasteiger partial charge is 0.508 e. The van der Waals surface area contributed by atoms with E-state index in [2.05, 4.69) is 26.1 Å². The van der Waals surface area contributed by atoms with Crippen LogP contribution in [0.3, 0.4) is 0 Å². The van der Waals surface area contributed by atoms with Crippen molar-refractivity contribution in [2.24, 2.45) is 16.7 Å². The number of benzene rings is 1. The Morgan fingerprint density at radius 1 is 1.20 bits per heavy atom. The van der Waals surface area contributed by atoms with Crippen molar-refractivity contribution in [3.63, 3.8) is 0 Å². The number of aromatic hydroxyl groups is 1. The summed E-state index contributed by atoms with van der Waals surface area (Å²) < 4.78 is 0.